The maximum absolute atomic E-state index is 7.18. The lowest BCUT2D eigenvalue weighted by Crippen LogP contribution is -2.63. The van der Waals surface area contributed by atoms with E-state index in [1.165, 1.54) is 50.3 Å². The van der Waals surface area contributed by atoms with Gasteiger partial charge in [0.1, 0.15) is 11.4 Å². The number of hydrogen-bond acceptors (Lipinski definition) is 5. The van der Waals surface area contributed by atoms with Gasteiger partial charge in [-0.1, -0.05) is 123 Å². The Morgan fingerprint density at radius 3 is 1.75 bits per heavy atom. The smallest absolute Gasteiger partial charge is 0.252 e. The fourth-order valence-corrected chi connectivity index (χ4v) is 10.7. The minimum atomic E-state index is -0.466. The first-order valence-corrected chi connectivity index (χ1v) is 21.0. The van der Waals surface area contributed by atoms with Gasteiger partial charge in [0.15, 0.2) is 5.75 Å². The summed E-state index contributed by atoms with van der Waals surface area (Å²) in [6.45, 7) is 9.30. The quantitative estimate of drug-likeness (QED) is 0.162. The Morgan fingerprint density at radius 2 is 1.07 bits per heavy atom. The van der Waals surface area contributed by atoms with Gasteiger partial charge >= 0.3 is 0 Å². The summed E-state index contributed by atoms with van der Waals surface area (Å²) in [6, 6.07) is 68.4. The molecule has 0 radical (unpaired) electrons. The molecule has 6 heteroatoms. The highest BCUT2D eigenvalue weighted by molar-refractivity contribution is 7.00. The van der Waals surface area contributed by atoms with Gasteiger partial charge in [-0.3, -0.25) is 0 Å². The summed E-state index contributed by atoms with van der Waals surface area (Å²) < 4.78 is 7.18. The number of ether oxygens (including phenoxy) is 1. The Kier molecular flexibility index (Phi) is 7.35. The number of anilines is 10. The van der Waals surface area contributed by atoms with Gasteiger partial charge < -0.3 is 24.3 Å². The van der Waals surface area contributed by atoms with E-state index in [1.807, 2.05) is 0 Å². The number of fused-ring (bicyclic) bond motifs is 7. The molecule has 8 aromatic carbocycles. The minimum Gasteiger partial charge on any atom is -0.455 e. The molecule has 8 aromatic rings. The maximum Gasteiger partial charge on any atom is 0.252 e. The van der Waals surface area contributed by atoms with E-state index in [4.69, 9.17) is 4.74 Å². The van der Waals surface area contributed by atoms with Crippen LogP contribution in [0.25, 0.3) is 0 Å². The third-order valence-electron chi connectivity index (χ3n) is 13.3. The highest BCUT2D eigenvalue weighted by atomic mass is 16.5. The van der Waals surface area contributed by atoms with Crippen LogP contribution >= 0.6 is 0 Å². The average molecular weight is 775 g/mol. The molecular weight excluding hydrogens is 731 g/mol. The van der Waals surface area contributed by atoms with Crippen LogP contribution in [-0.2, 0) is 5.41 Å². The van der Waals surface area contributed by atoms with Crippen LogP contribution in [0.2, 0.25) is 0 Å². The second-order valence-electron chi connectivity index (χ2n) is 17.3. The van der Waals surface area contributed by atoms with E-state index in [0.717, 1.165) is 45.6 Å². The summed E-state index contributed by atoms with van der Waals surface area (Å²) >= 11 is 0. The van der Waals surface area contributed by atoms with Crippen molar-refractivity contribution < 1.29 is 4.74 Å². The van der Waals surface area contributed by atoms with Gasteiger partial charge in [-0.25, -0.2) is 0 Å². The van der Waals surface area contributed by atoms with Crippen LogP contribution in [-0.4, -0.2) is 12.4 Å². The van der Waals surface area contributed by atoms with E-state index >= 15 is 0 Å². The normalized spacial score (nSPS) is 15.6. The molecule has 0 amide bonds. The highest BCUT2D eigenvalue weighted by Crippen LogP contribution is 2.58. The summed E-state index contributed by atoms with van der Waals surface area (Å²) in [5.41, 5.74) is 16.9. The molecule has 0 unspecified atom stereocenters. The van der Waals surface area contributed by atoms with E-state index in [1.54, 1.807) is 0 Å². The van der Waals surface area contributed by atoms with E-state index in [2.05, 4.69) is 235 Å². The maximum atomic E-state index is 7.18. The van der Waals surface area contributed by atoms with Crippen LogP contribution in [0.15, 0.2) is 188 Å². The number of nitrogens with zero attached hydrogens (tertiary/aromatic N) is 4. The van der Waals surface area contributed by atoms with Crippen molar-refractivity contribution in [2.75, 3.05) is 19.6 Å². The first kappa shape index (κ1) is 34.8. The summed E-state index contributed by atoms with van der Waals surface area (Å²) in [7, 11) is 0. The molecule has 4 heterocycles. The molecule has 0 bridgehead atoms. The molecule has 0 saturated heterocycles. The first-order chi connectivity index (χ1) is 29.3. The zero-order valence-electron chi connectivity index (χ0n) is 34.2. The van der Waals surface area contributed by atoms with Crippen molar-refractivity contribution in [1.82, 2.24) is 0 Å². The molecule has 0 fully saturated rings. The van der Waals surface area contributed by atoms with Crippen molar-refractivity contribution >= 4 is 80.0 Å². The van der Waals surface area contributed by atoms with Gasteiger partial charge in [0.25, 0.3) is 6.71 Å². The Balaban J connectivity index is 1.20. The van der Waals surface area contributed by atoms with Crippen molar-refractivity contribution in [3.8, 4) is 11.5 Å². The minimum absolute atomic E-state index is 0.0924. The molecule has 0 aromatic heterocycles. The monoisotopic (exact) mass is 774 g/mol. The largest absolute Gasteiger partial charge is 0.455 e. The Hall–Kier alpha value is -7.18. The van der Waals surface area contributed by atoms with Crippen molar-refractivity contribution in [3.63, 3.8) is 0 Å². The van der Waals surface area contributed by atoms with Gasteiger partial charge in [0.05, 0.1) is 17.1 Å². The first-order valence-electron chi connectivity index (χ1n) is 21.0. The average Bonchev–Trinajstić information content (AvgIpc) is 3.52. The van der Waals surface area contributed by atoms with Gasteiger partial charge in [0, 0.05) is 56.4 Å². The molecule has 0 saturated carbocycles. The zero-order valence-corrected chi connectivity index (χ0v) is 34.2. The van der Waals surface area contributed by atoms with Gasteiger partial charge in [0.2, 0.25) is 0 Å². The summed E-state index contributed by atoms with van der Waals surface area (Å²) in [5, 5.41) is 0. The molecule has 12 rings (SSSR count). The Labute approximate surface area is 352 Å². The molecule has 60 heavy (non-hydrogen) atoms. The Bertz CT molecular complexity index is 2950. The second-order valence-corrected chi connectivity index (χ2v) is 17.3. The highest BCUT2D eigenvalue weighted by Gasteiger charge is 2.54. The lowest BCUT2D eigenvalue weighted by atomic mass is 9.33. The van der Waals surface area contributed by atoms with Crippen molar-refractivity contribution in [3.05, 3.63) is 199 Å². The van der Waals surface area contributed by atoms with Crippen LogP contribution in [0.3, 0.4) is 0 Å². The topological polar surface area (TPSA) is 22.2 Å². The summed E-state index contributed by atoms with van der Waals surface area (Å²) in [6.07, 6.45) is 0. The predicted molar refractivity (Wildman–Crippen MR) is 250 cm³/mol. The number of para-hydroxylation sites is 5. The summed E-state index contributed by atoms with van der Waals surface area (Å²) in [4.78, 5) is 10.0. The lowest BCUT2D eigenvalue weighted by molar-refractivity contribution is 0.419. The van der Waals surface area contributed by atoms with Crippen molar-refractivity contribution in [2.45, 2.75) is 38.8 Å². The summed E-state index contributed by atoms with van der Waals surface area (Å²) in [5.74, 6) is 1.84. The van der Waals surface area contributed by atoms with Crippen LogP contribution in [0.1, 0.15) is 38.8 Å². The fourth-order valence-electron chi connectivity index (χ4n) is 10.7. The molecular formula is C54H43BN4O. The van der Waals surface area contributed by atoms with Crippen LogP contribution in [0.5, 0.6) is 11.5 Å². The van der Waals surface area contributed by atoms with Gasteiger partial charge in [-0.2, -0.15) is 0 Å². The lowest BCUT2D eigenvalue weighted by Gasteiger charge is -2.48. The van der Waals surface area contributed by atoms with Crippen LogP contribution in [0.4, 0.5) is 56.9 Å². The van der Waals surface area contributed by atoms with Crippen molar-refractivity contribution in [1.29, 1.82) is 0 Å². The molecule has 0 N–H and O–H groups in total. The number of hydrogen-bond donors (Lipinski definition) is 0. The predicted octanol–water partition coefficient (Wildman–Crippen LogP) is 12.2. The van der Waals surface area contributed by atoms with Crippen LogP contribution in [0, 0.1) is 0 Å². The van der Waals surface area contributed by atoms with Crippen molar-refractivity contribution in [2.24, 2.45) is 0 Å². The number of rotatable bonds is 5. The fraction of sp³-hybridized carbons (Fsp3) is 0.111. The van der Waals surface area contributed by atoms with E-state index in [-0.39, 0.29) is 12.1 Å². The second kappa shape index (κ2) is 12.7. The van der Waals surface area contributed by atoms with E-state index in [0.29, 0.717) is 0 Å². The standard InChI is InChI=1S/C54H43BN4O/c1-53(2)41-28-17-18-31-48(41)60-52-42(53)32-33-43-51(52)57(38-24-13-7-14-25-38)45-29-19-30-46-49(45)55(43)44-34-40(56(36-20-9-5-10-21-36)37-22-11-6-12-23-37)35-47-50(44)59(46)54(3,4)58(47)39-26-15-8-16-27-39/h5-35H,1-4H3. The molecule has 4 aliphatic rings. The third-order valence-corrected chi connectivity index (χ3v) is 13.3. The molecule has 5 nitrogen and oxygen atoms in total. The van der Waals surface area contributed by atoms with E-state index in [9.17, 15) is 0 Å². The van der Waals surface area contributed by atoms with Gasteiger partial charge in [-0.05, 0) is 109 Å². The molecule has 4 aliphatic heterocycles. The third kappa shape index (κ3) is 4.76. The van der Waals surface area contributed by atoms with E-state index < -0.39 is 5.66 Å². The van der Waals surface area contributed by atoms with Gasteiger partial charge in [-0.15, -0.1) is 0 Å². The zero-order chi connectivity index (χ0) is 40.3. The molecule has 0 atom stereocenters. The molecule has 288 valence electrons. The molecule has 0 spiro atoms. The SMILES string of the molecule is CC1(C)c2ccccc2Oc2c1ccc1c2N(c2ccccc2)c2cccc3c2B1c1cc(N(c2ccccc2)c2ccccc2)cc2c1N3C(C)(C)N2c1ccccc1. The Morgan fingerprint density at radius 1 is 0.467 bits per heavy atom. The molecule has 0 aliphatic carbocycles. The number of benzene rings is 8. The van der Waals surface area contributed by atoms with Crippen LogP contribution < -0.4 is 40.7 Å².